The summed E-state index contributed by atoms with van der Waals surface area (Å²) in [5.74, 6) is 0.413. The molecule has 0 spiro atoms. The van der Waals surface area contributed by atoms with Crippen molar-refractivity contribution in [3.63, 3.8) is 0 Å². The lowest BCUT2D eigenvalue weighted by Gasteiger charge is -2.16. The van der Waals surface area contributed by atoms with E-state index in [1.54, 1.807) is 25.4 Å². The molecule has 1 amide bonds. The molecule has 0 radical (unpaired) electrons. The summed E-state index contributed by atoms with van der Waals surface area (Å²) < 4.78 is 6.44. The van der Waals surface area contributed by atoms with Crippen LogP contribution in [0.4, 0.5) is 0 Å². The van der Waals surface area contributed by atoms with Gasteiger partial charge >= 0.3 is 0 Å². The molecule has 0 N–H and O–H groups in total. The van der Waals surface area contributed by atoms with Crippen molar-refractivity contribution in [1.29, 1.82) is 0 Å². The Morgan fingerprint density at radius 3 is 2.88 bits per heavy atom. The van der Waals surface area contributed by atoms with Crippen molar-refractivity contribution in [3.8, 4) is 0 Å². The first-order valence-corrected chi connectivity index (χ1v) is 7.82. The smallest absolute Gasteiger partial charge is 0.261 e. The van der Waals surface area contributed by atoms with Gasteiger partial charge < -0.3 is 9.32 Å². The Balaban J connectivity index is 1.86. The van der Waals surface area contributed by atoms with Crippen molar-refractivity contribution in [1.82, 2.24) is 14.5 Å². The highest BCUT2D eigenvalue weighted by atomic mass is 35.5. The van der Waals surface area contributed by atoms with Crippen molar-refractivity contribution in [3.05, 3.63) is 63.0 Å². The topological polar surface area (TPSA) is 68.3 Å². The second-order valence-corrected chi connectivity index (χ2v) is 6.13. The highest BCUT2D eigenvalue weighted by Crippen LogP contribution is 2.23. The van der Waals surface area contributed by atoms with Crippen LogP contribution < -0.4 is 5.56 Å². The van der Waals surface area contributed by atoms with Gasteiger partial charge in [-0.25, -0.2) is 4.98 Å². The Hall–Kier alpha value is -2.31. The minimum absolute atomic E-state index is 0.136. The average molecular weight is 366 g/mol. The first-order chi connectivity index (χ1) is 11.5. The molecule has 0 fully saturated rings. The van der Waals surface area contributed by atoms with Gasteiger partial charge in [-0.05, 0) is 24.3 Å². The van der Waals surface area contributed by atoms with Gasteiger partial charge in [0, 0.05) is 12.1 Å². The standard InChI is InChI=1S/C16H13Cl2N3O3/c1-20(7-11-3-2-4-24-11)14(22)8-21-9-19-15-12(16(21)23)5-10(17)6-13(15)18/h2-6,9H,7-8H2,1H3. The van der Waals surface area contributed by atoms with Gasteiger partial charge in [-0.15, -0.1) is 0 Å². The lowest BCUT2D eigenvalue weighted by Crippen LogP contribution is -2.33. The average Bonchev–Trinajstić information content (AvgIpc) is 3.03. The predicted molar refractivity (Wildman–Crippen MR) is 91.2 cm³/mol. The van der Waals surface area contributed by atoms with Crippen molar-refractivity contribution >= 4 is 40.0 Å². The summed E-state index contributed by atoms with van der Waals surface area (Å²) in [5.41, 5.74) is -0.0112. The molecule has 0 aliphatic carbocycles. The molecule has 24 heavy (non-hydrogen) atoms. The maximum Gasteiger partial charge on any atom is 0.261 e. The third-order valence-electron chi connectivity index (χ3n) is 3.55. The van der Waals surface area contributed by atoms with Gasteiger partial charge in [0.1, 0.15) is 12.3 Å². The fourth-order valence-electron chi connectivity index (χ4n) is 2.30. The number of benzene rings is 1. The monoisotopic (exact) mass is 365 g/mol. The van der Waals surface area contributed by atoms with Crippen LogP contribution in [0.15, 0.2) is 46.1 Å². The molecule has 0 bridgehead atoms. The van der Waals surface area contributed by atoms with E-state index in [2.05, 4.69) is 4.98 Å². The molecule has 8 heteroatoms. The number of hydrogen-bond acceptors (Lipinski definition) is 4. The Kier molecular flexibility index (Phi) is 4.59. The SMILES string of the molecule is CN(Cc1ccco1)C(=O)Cn1cnc2c(Cl)cc(Cl)cc2c1=O. The van der Waals surface area contributed by atoms with Crippen LogP contribution in [0.2, 0.25) is 10.0 Å². The van der Waals surface area contributed by atoms with E-state index >= 15 is 0 Å². The number of furan rings is 1. The van der Waals surface area contributed by atoms with E-state index in [4.69, 9.17) is 27.6 Å². The zero-order valence-corrected chi connectivity index (χ0v) is 14.2. The second-order valence-electron chi connectivity index (χ2n) is 5.29. The molecule has 0 saturated carbocycles. The van der Waals surface area contributed by atoms with Crippen LogP contribution in [0.5, 0.6) is 0 Å². The van der Waals surface area contributed by atoms with Crippen LogP contribution in [-0.2, 0) is 17.9 Å². The quantitative estimate of drug-likeness (QED) is 0.712. The largest absolute Gasteiger partial charge is 0.467 e. The third-order valence-corrected chi connectivity index (χ3v) is 4.06. The molecule has 0 unspecified atom stereocenters. The number of carbonyl (C=O) groups is 1. The van der Waals surface area contributed by atoms with Crippen LogP contribution in [0, 0.1) is 0 Å². The Morgan fingerprint density at radius 2 is 2.17 bits per heavy atom. The van der Waals surface area contributed by atoms with Gasteiger partial charge in [0.15, 0.2) is 0 Å². The van der Waals surface area contributed by atoms with E-state index in [9.17, 15) is 9.59 Å². The molecular weight excluding hydrogens is 353 g/mol. The van der Waals surface area contributed by atoms with Crippen molar-refractivity contribution < 1.29 is 9.21 Å². The zero-order valence-electron chi connectivity index (χ0n) is 12.7. The molecule has 1 aromatic carbocycles. The molecule has 2 aromatic heterocycles. The first kappa shape index (κ1) is 16.5. The first-order valence-electron chi connectivity index (χ1n) is 7.06. The van der Waals surface area contributed by atoms with E-state index < -0.39 is 0 Å². The van der Waals surface area contributed by atoms with E-state index in [1.807, 2.05) is 0 Å². The van der Waals surface area contributed by atoms with Crippen LogP contribution in [0.25, 0.3) is 10.9 Å². The number of carbonyl (C=O) groups excluding carboxylic acids is 1. The molecular formula is C16H13Cl2N3O3. The molecule has 6 nitrogen and oxygen atoms in total. The number of fused-ring (bicyclic) bond motifs is 1. The molecule has 2 heterocycles. The van der Waals surface area contributed by atoms with Crippen LogP contribution in [-0.4, -0.2) is 27.4 Å². The maximum absolute atomic E-state index is 12.5. The summed E-state index contributed by atoms with van der Waals surface area (Å²) in [5, 5.41) is 0.907. The molecule has 0 atom stereocenters. The highest BCUT2D eigenvalue weighted by Gasteiger charge is 2.14. The van der Waals surface area contributed by atoms with Crippen LogP contribution in [0.1, 0.15) is 5.76 Å². The molecule has 0 aliphatic rings. The molecule has 3 aromatic rings. The van der Waals surface area contributed by atoms with Gasteiger partial charge in [-0.3, -0.25) is 14.2 Å². The lowest BCUT2D eigenvalue weighted by molar-refractivity contribution is -0.131. The van der Waals surface area contributed by atoms with Crippen LogP contribution in [0.3, 0.4) is 0 Å². The number of hydrogen-bond donors (Lipinski definition) is 0. The zero-order chi connectivity index (χ0) is 17.3. The number of aromatic nitrogens is 2. The van der Waals surface area contributed by atoms with E-state index in [-0.39, 0.29) is 23.4 Å². The Morgan fingerprint density at radius 1 is 1.38 bits per heavy atom. The Labute approximate surface area is 147 Å². The second kappa shape index (κ2) is 6.67. The van der Waals surface area contributed by atoms with Crippen molar-refractivity contribution in [2.45, 2.75) is 13.1 Å². The fourth-order valence-corrected chi connectivity index (χ4v) is 2.84. The summed E-state index contributed by atoms with van der Waals surface area (Å²) in [6.45, 7) is 0.183. The van der Waals surface area contributed by atoms with Crippen LogP contribution >= 0.6 is 23.2 Å². The minimum atomic E-state index is -0.371. The van der Waals surface area contributed by atoms with Gasteiger partial charge in [-0.1, -0.05) is 23.2 Å². The summed E-state index contributed by atoms with van der Waals surface area (Å²) >= 11 is 12.0. The molecule has 0 saturated heterocycles. The van der Waals surface area contributed by atoms with E-state index in [1.165, 1.54) is 27.9 Å². The van der Waals surface area contributed by atoms with Gasteiger partial charge in [0.05, 0.1) is 35.1 Å². The van der Waals surface area contributed by atoms with E-state index in [0.29, 0.717) is 27.9 Å². The number of amides is 1. The predicted octanol–water partition coefficient (Wildman–Crippen LogP) is 2.95. The number of rotatable bonds is 4. The highest BCUT2D eigenvalue weighted by molar-refractivity contribution is 6.38. The fraction of sp³-hybridized carbons (Fsp3) is 0.188. The van der Waals surface area contributed by atoms with E-state index in [0.717, 1.165) is 0 Å². The number of halogens is 2. The van der Waals surface area contributed by atoms with Gasteiger partial charge in [0.2, 0.25) is 5.91 Å². The van der Waals surface area contributed by atoms with Crippen molar-refractivity contribution in [2.75, 3.05) is 7.05 Å². The normalized spacial score (nSPS) is 11.0. The Bertz CT molecular complexity index is 951. The van der Waals surface area contributed by atoms with Crippen molar-refractivity contribution in [2.24, 2.45) is 0 Å². The minimum Gasteiger partial charge on any atom is -0.467 e. The number of likely N-dealkylation sites (N-methyl/N-ethyl adjacent to an activating group) is 1. The summed E-state index contributed by atoms with van der Waals surface area (Å²) in [6, 6.07) is 6.53. The number of nitrogens with zero attached hydrogens (tertiary/aromatic N) is 3. The summed E-state index contributed by atoms with van der Waals surface area (Å²) in [4.78, 5) is 30.5. The summed E-state index contributed by atoms with van der Waals surface area (Å²) in [6.07, 6.45) is 2.85. The maximum atomic E-state index is 12.5. The lowest BCUT2D eigenvalue weighted by atomic mass is 10.2. The molecule has 3 rings (SSSR count). The molecule has 0 aliphatic heterocycles. The van der Waals surface area contributed by atoms with Gasteiger partial charge in [-0.2, -0.15) is 0 Å². The summed E-state index contributed by atoms with van der Waals surface area (Å²) in [7, 11) is 1.64. The third kappa shape index (κ3) is 3.29. The van der Waals surface area contributed by atoms with Gasteiger partial charge in [0.25, 0.3) is 5.56 Å². The molecule has 124 valence electrons.